The van der Waals surface area contributed by atoms with Gasteiger partial charge in [-0.25, -0.2) is 0 Å². The molecular weight excluding hydrogens is 206 g/mol. The molecule has 4 nitrogen and oxygen atoms in total. The van der Waals surface area contributed by atoms with Crippen molar-refractivity contribution < 1.29 is 14.6 Å². The minimum Gasteiger partial charge on any atom is -0.486 e. The number of aliphatic hydroxyl groups excluding tert-OH is 1. The topological polar surface area (TPSA) is 50.7 Å². The van der Waals surface area contributed by atoms with Gasteiger partial charge in [0.1, 0.15) is 13.2 Å². The number of rotatable bonds is 4. The lowest BCUT2D eigenvalue weighted by Crippen LogP contribution is -2.24. The van der Waals surface area contributed by atoms with E-state index in [4.69, 9.17) is 14.6 Å². The number of ether oxygens (including phenoxy) is 2. The molecule has 1 heterocycles. The maximum atomic E-state index is 9.12. The van der Waals surface area contributed by atoms with Crippen molar-refractivity contribution in [1.29, 1.82) is 0 Å². The summed E-state index contributed by atoms with van der Waals surface area (Å²) in [5, 5.41) is 12.3. The van der Waals surface area contributed by atoms with E-state index >= 15 is 0 Å². The molecule has 1 aliphatic rings. The minimum atomic E-state index is -0.322. The van der Waals surface area contributed by atoms with E-state index in [1.54, 1.807) is 6.92 Å². The highest BCUT2D eigenvalue weighted by atomic mass is 16.6. The fourth-order valence-electron chi connectivity index (χ4n) is 1.62. The Morgan fingerprint density at radius 1 is 1.31 bits per heavy atom. The Balaban J connectivity index is 1.95. The van der Waals surface area contributed by atoms with E-state index in [1.165, 1.54) is 0 Å². The van der Waals surface area contributed by atoms with Gasteiger partial charge in [-0.3, -0.25) is 0 Å². The molecular formula is C12H17NO3. The largest absolute Gasteiger partial charge is 0.486 e. The van der Waals surface area contributed by atoms with Crippen molar-refractivity contribution in [3.05, 3.63) is 23.8 Å². The molecule has 4 heteroatoms. The second kappa shape index (κ2) is 5.18. The monoisotopic (exact) mass is 223 g/mol. The van der Waals surface area contributed by atoms with E-state index in [9.17, 15) is 0 Å². The first kappa shape index (κ1) is 11.2. The fraction of sp³-hybridized carbons (Fsp3) is 0.500. The molecule has 0 saturated heterocycles. The van der Waals surface area contributed by atoms with E-state index in [-0.39, 0.29) is 6.10 Å². The molecule has 0 aliphatic carbocycles. The smallest absolute Gasteiger partial charge is 0.161 e. The molecule has 1 atom stereocenters. The highest BCUT2D eigenvalue weighted by Gasteiger charge is 2.11. The van der Waals surface area contributed by atoms with Crippen LogP contribution in [-0.2, 0) is 6.54 Å². The Labute approximate surface area is 95.2 Å². The summed E-state index contributed by atoms with van der Waals surface area (Å²) < 4.78 is 10.9. The van der Waals surface area contributed by atoms with Crippen molar-refractivity contribution in [3.63, 3.8) is 0 Å². The first-order valence-corrected chi connectivity index (χ1v) is 5.53. The van der Waals surface area contributed by atoms with Crippen molar-refractivity contribution in [1.82, 2.24) is 5.32 Å². The van der Waals surface area contributed by atoms with Crippen LogP contribution in [0.25, 0.3) is 0 Å². The predicted molar refractivity (Wildman–Crippen MR) is 60.8 cm³/mol. The van der Waals surface area contributed by atoms with Crippen LogP contribution in [0, 0.1) is 0 Å². The van der Waals surface area contributed by atoms with Crippen molar-refractivity contribution in [2.75, 3.05) is 19.8 Å². The van der Waals surface area contributed by atoms with Gasteiger partial charge in [0, 0.05) is 13.1 Å². The molecule has 1 aliphatic heterocycles. The van der Waals surface area contributed by atoms with Gasteiger partial charge in [0.05, 0.1) is 6.10 Å². The van der Waals surface area contributed by atoms with Crippen LogP contribution in [0.5, 0.6) is 11.5 Å². The van der Waals surface area contributed by atoms with Crippen LogP contribution in [0.4, 0.5) is 0 Å². The summed E-state index contributed by atoms with van der Waals surface area (Å²) in [7, 11) is 0. The molecule has 0 aromatic heterocycles. The quantitative estimate of drug-likeness (QED) is 0.797. The van der Waals surface area contributed by atoms with E-state index < -0.39 is 0 Å². The van der Waals surface area contributed by atoms with Crippen molar-refractivity contribution >= 4 is 0 Å². The lowest BCUT2D eigenvalue weighted by atomic mass is 10.2. The van der Waals surface area contributed by atoms with Crippen LogP contribution in [0.15, 0.2) is 18.2 Å². The second-order valence-electron chi connectivity index (χ2n) is 3.96. The van der Waals surface area contributed by atoms with Gasteiger partial charge in [-0.15, -0.1) is 0 Å². The van der Waals surface area contributed by atoms with Gasteiger partial charge < -0.3 is 19.9 Å². The lowest BCUT2D eigenvalue weighted by molar-refractivity contribution is 0.171. The molecule has 2 N–H and O–H groups in total. The highest BCUT2D eigenvalue weighted by molar-refractivity contribution is 5.43. The molecule has 2 rings (SSSR count). The van der Waals surface area contributed by atoms with E-state index in [2.05, 4.69) is 5.32 Å². The number of benzene rings is 1. The van der Waals surface area contributed by atoms with Gasteiger partial charge in [-0.2, -0.15) is 0 Å². The fourth-order valence-corrected chi connectivity index (χ4v) is 1.62. The third-order valence-corrected chi connectivity index (χ3v) is 2.38. The minimum absolute atomic E-state index is 0.322. The SMILES string of the molecule is C[C@@H](O)CNCc1ccc2c(c1)OCCO2. The average Bonchev–Trinajstić information content (AvgIpc) is 2.28. The van der Waals surface area contributed by atoms with Gasteiger partial charge in [0.2, 0.25) is 0 Å². The van der Waals surface area contributed by atoms with Crippen LogP contribution >= 0.6 is 0 Å². The summed E-state index contributed by atoms with van der Waals surface area (Å²) in [6, 6.07) is 5.90. The molecule has 0 saturated carbocycles. The van der Waals surface area contributed by atoms with Gasteiger partial charge in [-0.1, -0.05) is 6.07 Å². The standard InChI is InChI=1S/C12H17NO3/c1-9(14)7-13-8-10-2-3-11-12(6-10)16-5-4-15-11/h2-3,6,9,13-14H,4-5,7-8H2,1H3/t9-/m1/s1. The molecule has 16 heavy (non-hydrogen) atoms. The van der Waals surface area contributed by atoms with E-state index in [0.29, 0.717) is 19.8 Å². The maximum absolute atomic E-state index is 9.12. The Hall–Kier alpha value is -1.26. The molecule has 88 valence electrons. The van der Waals surface area contributed by atoms with Gasteiger partial charge >= 0.3 is 0 Å². The average molecular weight is 223 g/mol. The third-order valence-electron chi connectivity index (χ3n) is 2.38. The number of fused-ring (bicyclic) bond motifs is 1. The van der Waals surface area contributed by atoms with Gasteiger partial charge in [-0.05, 0) is 24.6 Å². The number of hydrogen-bond donors (Lipinski definition) is 2. The summed E-state index contributed by atoms with van der Waals surface area (Å²) in [5.41, 5.74) is 1.13. The second-order valence-corrected chi connectivity index (χ2v) is 3.96. The Bertz CT molecular complexity index is 352. The molecule has 0 bridgehead atoms. The summed E-state index contributed by atoms with van der Waals surface area (Å²) in [6.45, 7) is 4.30. The highest BCUT2D eigenvalue weighted by Crippen LogP contribution is 2.30. The normalized spacial score (nSPS) is 15.9. The van der Waals surface area contributed by atoms with E-state index in [1.807, 2.05) is 18.2 Å². The Kier molecular flexibility index (Phi) is 3.64. The van der Waals surface area contributed by atoms with Gasteiger partial charge in [0.15, 0.2) is 11.5 Å². The molecule has 1 aromatic rings. The van der Waals surface area contributed by atoms with Gasteiger partial charge in [0.25, 0.3) is 0 Å². The maximum Gasteiger partial charge on any atom is 0.161 e. The molecule has 0 amide bonds. The predicted octanol–water partition coefficient (Wildman–Crippen LogP) is 0.928. The molecule has 0 spiro atoms. The first-order valence-electron chi connectivity index (χ1n) is 5.53. The van der Waals surface area contributed by atoms with Crippen molar-refractivity contribution in [2.45, 2.75) is 19.6 Å². The van der Waals surface area contributed by atoms with Crippen LogP contribution < -0.4 is 14.8 Å². The molecule has 1 aromatic carbocycles. The van der Waals surface area contributed by atoms with Crippen molar-refractivity contribution in [3.8, 4) is 11.5 Å². The van der Waals surface area contributed by atoms with Crippen LogP contribution in [0.2, 0.25) is 0 Å². The Morgan fingerprint density at radius 3 is 2.81 bits per heavy atom. The van der Waals surface area contributed by atoms with Crippen LogP contribution in [0.3, 0.4) is 0 Å². The van der Waals surface area contributed by atoms with Crippen LogP contribution in [-0.4, -0.2) is 31.0 Å². The summed E-state index contributed by atoms with van der Waals surface area (Å²) in [5.74, 6) is 1.62. The first-order chi connectivity index (χ1) is 7.75. The van der Waals surface area contributed by atoms with E-state index in [0.717, 1.165) is 23.6 Å². The van der Waals surface area contributed by atoms with Crippen molar-refractivity contribution in [2.24, 2.45) is 0 Å². The number of aliphatic hydroxyl groups is 1. The zero-order valence-electron chi connectivity index (χ0n) is 9.40. The summed E-state index contributed by atoms with van der Waals surface area (Å²) in [6.07, 6.45) is -0.322. The number of nitrogens with one attached hydrogen (secondary N) is 1. The lowest BCUT2D eigenvalue weighted by Gasteiger charge is -2.19. The van der Waals surface area contributed by atoms with Crippen LogP contribution in [0.1, 0.15) is 12.5 Å². The zero-order valence-corrected chi connectivity index (χ0v) is 9.40. The molecule has 0 unspecified atom stereocenters. The third kappa shape index (κ3) is 2.87. The zero-order chi connectivity index (χ0) is 11.4. The Morgan fingerprint density at radius 2 is 2.06 bits per heavy atom. The number of hydrogen-bond acceptors (Lipinski definition) is 4. The molecule has 0 radical (unpaired) electrons. The summed E-state index contributed by atoms with van der Waals surface area (Å²) >= 11 is 0. The molecule has 0 fully saturated rings. The summed E-state index contributed by atoms with van der Waals surface area (Å²) in [4.78, 5) is 0.